The van der Waals surface area contributed by atoms with Crippen LogP contribution in [-0.2, 0) is 0 Å². The molecule has 2 atom stereocenters. The number of nitrogens with zero attached hydrogens (tertiary/aromatic N) is 3. The van der Waals surface area contributed by atoms with Crippen molar-refractivity contribution < 1.29 is 4.74 Å². The van der Waals surface area contributed by atoms with Crippen molar-refractivity contribution >= 4 is 29.1 Å². The van der Waals surface area contributed by atoms with Crippen molar-refractivity contribution in [2.75, 3.05) is 16.8 Å². The third-order valence-electron chi connectivity index (χ3n) is 5.62. The molecule has 0 bridgehead atoms. The zero-order chi connectivity index (χ0) is 22.3. The van der Waals surface area contributed by atoms with Gasteiger partial charge in [-0.25, -0.2) is 0 Å². The lowest BCUT2D eigenvalue weighted by atomic mass is 10.0. The van der Waals surface area contributed by atoms with Crippen LogP contribution in [0.3, 0.4) is 0 Å². The molecule has 32 heavy (non-hydrogen) atoms. The van der Waals surface area contributed by atoms with E-state index in [1.54, 1.807) is 0 Å². The van der Waals surface area contributed by atoms with Gasteiger partial charge in [0, 0.05) is 18.7 Å². The minimum absolute atomic E-state index is 0.0570. The number of benzene rings is 2. The van der Waals surface area contributed by atoms with Gasteiger partial charge >= 0.3 is 0 Å². The van der Waals surface area contributed by atoms with E-state index in [1.165, 1.54) is 6.42 Å². The Morgan fingerprint density at radius 2 is 1.78 bits per heavy atom. The van der Waals surface area contributed by atoms with Crippen LogP contribution in [0.4, 0.5) is 11.8 Å². The second-order valence-electron chi connectivity index (χ2n) is 8.07. The summed E-state index contributed by atoms with van der Waals surface area (Å²) >= 11 is 5.55. The van der Waals surface area contributed by atoms with E-state index >= 15 is 0 Å². The second-order valence-corrected chi connectivity index (χ2v) is 8.48. The highest BCUT2D eigenvalue weighted by Crippen LogP contribution is 2.28. The van der Waals surface area contributed by atoms with Crippen LogP contribution in [0.5, 0.6) is 11.6 Å². The molecule has 0 aliphatic carbocycles. The van der Waals surface area contributed by atoms with Gasteiger partial charge in [0.2, 0.25) is 11.8 Å². The lowest BCUT2D eigenvalue weighted by Crippen LogP contribution is -2.38. The van der Waals surface area contributed by atoms with E-state index in [0.29, 0.717) is 23.0 Å². The summed E-state index contributed by atoms with van der Waals surface area (Å²) in [6.45, 7) is 5.27. The number of piperidine rings is 1. The van der Waals surface area contributed by atoms with E-state index in [-0.39, 0.29) is 6.04 Å². The molecule has 0 saturated carbocycles. The molecule has 0 unspecified atom stereocenters. The Morgan fingerprint density at radius 3 is 2.50 bits per heavy atom. The van der Waals surface area contributed by atoms with Crippen LogP contribution in [0.2, 0.25) is 0 Å². The summed E-state index contributed by atoms with van der Waals surface area (Å²) in [4.78, 5) is 11.7. The topological polar surface area (TPSA) is 62.3 Å². The molecule has 3 aromatic rings. The number of nitrogens with one attached hydrogen (secondary N) is 2. The molecule has 4 rings (SSSR count). The van der Waals surface area contributed by atoms with Crippen molar-refractivity contribution in [2.45, 2.75) is 45.2 Å². The van der Waals surface area contributed by atoms with Crippen LogP contribution >= 0.6 is 12.2 Å². The van der Waals surface area contributed by atoms with Crippen LogP contribution in [0.25, 0.3) is 0 Å². The molecular weight excluding hydrogens is 418 g/mol. The largest absolute Gasteiger partial charge is 0.439 e. The highest BCUT2D eigenvalue weighted by molar-refractivity contribution is 7.80. The first kappa shape index (κ1) is 22.0. The number of hydrogen-bond donors (Lipinski definition) is 2. The molecule has 1 saturated heterocycles. The Bertz CT molecular complexity index is 1030. The Hall–Kier alpha value is -3.19. The first-order valence-electron chi connectivity index (χ1n) is 11.1. The molecule has 6 nitrogen and oxygen atoms in total. The molecule has 1 fully saturated rings. The lowest BCUT2D eigenvalue weighted by Gasteiger charge is -2.34. The van der Waals surface area contributed by atoms with Crippen LogP contribution in [0.1, 0.15) is 44.7 Å². The van der Waals surface area contributed by atoms with E-state index < -0.39 is 0 Å². The fourth-order valence-electron chi connectivity index (χ4n) is 3.88. The summed E-state index contributed by atoms with van der Waals surface area (Å²) in [6.07, 6.45) is 3.54. The molecule has 1 aliphatic heterocycles. The smallest absolute Gasteiger partial charge is 0.234 e. The van der Waals surface area contributed by atoms with Crippen molar-refractivity contribution in [3.8, 4) is 11.6 Å². The van der Waals surface area contributed by atoms with Crippen molar-refractivity contribution in [3.63, 3.8) is 0 Å². The highest BCUT2D eigenvalue weighted by atomic mass is 32.1. The SMILES string of the molecule is C[C@H](NC(=S)Nc1nc(Oc2ccccc2)cc(N2CCCC[C@H]2C)n1)c1ccccc1. The number of ether oxygens (including phenoxy) is 1. The molecule has 0 radical (unpaired) electrons. The molecule has 1 aromatic heterocycles. The zero-order valence-corrected chi connectivity index (χ0v) is 19.3. The van der Waals surface area contributed by atoms with Gasteiger partial charge < -0.3 is 20.3 Å². The van der Waals surface area contributed by atoms with Gasteiger partial charge in [0.05, 0.1) is 6.04 Å². The molecule has 7 heteroatoms. The molecule has 2 heterocycles. The Morgan fingerprint density at radius 1 is 1.06 bits per heavy atom. The molecule has 0 amide bonds. The standard InChI is InChI=1S/C25H29N5OS/c1-18-11-9-10-16-30(18)22-17-23(31-21-14-7-4-8-15-21)28-24(27-22)29-25(32)26-19(2)20-12-5-3-6-13-20/h3-8,12-15,17-19H,9-11,16H2,1-2H3,(H2,26,27,28,29,32)/t18-,19+/m1/s1. The van der Waals surface area contributed by atoms with Crippen LogP contribution in [-0.4, -0.2) is 27.7 Å². The third-order valence-corrected chi connectivity index (χ3v) is 5.84. The Kier molecular flexibility index (Phi) is 7.17. The maximum Gasteiger partial charge on any atom is 0.234 e. The molecule has 1 aliphatic rings. The van der Waals surface area contributed by atoms with Gasteiger partial charge in [-0.05, 0) is 63.0 Å². The summed E-state index contributed by atoms with van der Waals surface area (Å²) in [7, 11) is 0. The number of anilines is 2. The summed E-state index contributed by atoms with van der Waals surface area (Å²) in [6, 6.07) is 22.2. The summed E-state index contributed by atoms with van der Waals surface area (Å²) in [5.74, 6) is 2.48. The average Bonchev–Trinajstić information content (AvgIpc) is 2.80. The van der Waals surface area contributed by atoms with Gasteiger partial charge in [-0.3, -0.25) is 0 Å². The number of hydrogen-bond acceptors (Lipinski definition) is 5. The van der Waals surface area contributed by atoms with E-state index in [2.05, 4.69) is 46.5 Å². The average molecular weight is 448 g/mol. The normalized spacial score (nSPS) is 16.8. The quantitative estimate of drug-likeness (QED) is 0.470. The fourth-order valence-corrected chi connectivity index (χ4v) is 4.14. The summed E-state index contributed by atoms with van der Waals surface area (Å²) in [5, 5.41) is 6.93. The molecule has 166 valence electrons. The predicted octanol–water partition coefficient (Wildman–Crippen LogP) is 5.70. The number of thiocarbonyl (C=S) groups is 1. The number of rotatable bonds is 6. The Labute approximate surface area is 195 Å². The van der Waals surface area contributed by atoms with Crippen LogP contribution in [0, 0.1) is 0 Å². The van der Waals surface area contributed by atoms with Crippen molar-refractivity contribution in [1.29, 1.82) is 0 Å². The highest BCUT2D eigenvalue weighted by Gasteiger charge is 2.22. The third kappa shape index (κ3) is 5.73. The van der Waals surface area contributed by atoms with E-state index in [4.69, 9.17) is 21.9 Å². The first-order chi connectivity index (χ1) is 15.6. The molecule has 0 spiro atoms. The first-order valence-corrected chi connectivity index (χ1v) is 11.5. The van der Waals surface area contributed by atoms with Gasteiger partial charge in [-0.15, -0.1) is 0 Å². The van der Waals surface area contributed by atoms with E-state index in [9.17, 15) is 0 Å². The van der Waals surface area contributed by atoms with E-state index in [0.717, 1.165) is 36.5 Å². The second kappa shape index (κ2) is 10.4. The zero-order valence-electron chi connectivity index (χ0n) is 18.5. The monoisotopic (exact) mass is 447 g/mol. The lowest BCUT2D eigenvalue weighted by molar-refractivity contribution is 0.457. The number of para-hydroxylation sites is 1. The van der Waals surface area contributed by atoms with Gasteiger partial charge in [0.25, 0.3) is 0 Å². The molecular formula is C25H29N5OS. The van der Waals surface area contributed by atoms with Gasteiger partial charge in [-0.1, -0.05) is 48.5 Å². The van der Waals surface area contributed by atoms with Crippen molar-refractivity contribution in [2.24, 2.45) is 0 Å². The van der Waals surface area contributed by atoms with Crippen molar-refractivity contribution in [3.05, 3.63) is 72.3 Å². The van der Waals surface area contributed by atoms with Gasteiger partial charge in [0.15, 0.2) is 5.11 Å². The maximum absolute atomic E-state index is 6.04. The van der Waals surface area contributed by atoms with Crippen LogP contribution in [0.15, 0.2) is 66.7 Å². The van der Waals surface area contributed by atoms with Crippen molar-refractivity contribution in [1.82, 2.24) is 15.3 Å². The predicted molar refractivity (Wildman–Crippen MR) is 133 cm³/mol. The Balaban J connectivity index is 1.54. The minimum Gasteiger partial charge on any atom is -0.439 e. The molecule has 2 aromatic carbocycles. The molecule has 2 N–H and O–H groups in total. The minimum atomic E-state index is 0.0570. The summed E-state index contributed by atoms with van der Waals surface area (Å²) in [5.41, 5.74) is 1.15. The van der Waals surface area contributed by atoms with Gasteiger partial charge in [-0.2, -0.15) is 9.97 Å². The van der Waals surface area contributed by atoms with Crippen LogP contribution < -0.4 is 20.3 Å². The number of aromatic nitrogens is 2. The fraction of sp³-hybridized carbons (Fsp3) is 0.320. The maximum atomic E-state index is 6.04. The van der Waals surface area contributed by atoms with E-state index in [1.807, 2.05) is 54.6 Å². The summed E-state index contributed by atoms with van der Waals surface area (Å²) < 4.78 is 6.04. The van der Waals surface area contributed by atoms with Gasteiger partial charge in [0.1, 0.15) is 11.6 Å².